The van der Waals surface area contributed by atoms with E-state index < -0.39 is 0 Å². The second-order valence-corrected chi connectivity index (χ2v) is 6.42. The highest BCUT2D eigenvalue weighted by atomic mass is 32.1. The molecule has 2 aromatic carbocycles. The molecular formula is C19H19N3O3S. The Labute approximate surface area is 155 Å². The molecule has 0 saturated carbocycles. The van der Waals surface area contributed by atoms with Gasteiger partial charge in [0, 0.05) is 0 Å². The van der Waals surface area contributed by atoms with Gasteiger partial charge in [0.15, 0.2) is 0 Å². The first-order valence-electron chi connectivity index (χ1n) is 8.04. The van der Waals surface area contributed by atoms with Crippen molar-refractivity contribution in [3.63, 3.8) is 0 Å². The minimum atomic E-state index is -0.191. The van der Waals surface area contributed by atoms with Gasteiger partial charge in [-0.15, -0.1) is 5.10 Å². The van der Waals surface area contributed by atoms with Crippen molar-refractivity contribution in [1.29, 1.82) is 0 Å². The molecule has 6 nitrogen and oxygen atoms in total. The normalized spacial score (nSPS) is 11.6. The summed E-state index contributed by atoms with van der Waals surface area (Å²) in [6.45, 7) is 0. The second kappa shape index (κ2) is 8.44. The van der Waals surface area contributed by atoms with Gasteiger partial charge in [-0.1, -0.05) is 28.8 Å². The van der Waals surface area contributed by atoms with Gasteiger partial charge in [0.25, 0.3) is 5.91 Å². The number of ether oxygens (including phenoxy) is 2. The van der Waals surface area contributed by atoms with Gasteiger partial charge in [-0.3, -0.25) is 4.79 Å². The van der Waals surface area contributed by atoms with Crippen molar-refractivity contribution >= 4 is 17.4 Å². The van der Waals surface area contributed by atoms with Crippen LogP contribution in [0, 0.1) is 0 Å². The monoisotopic (exact) mass is 369 g/mol. The molecule has 0 radical (unpaired) electrons. The molecule has 26 heavy (non-hydrogen) atoms. The number of carbonyl (C=O) groups excluding carboxylic acids is 1. The highest BCUT2D eigenvalue weighted by Gasteiger charge is 2.18. The van der Waals surface area contributed by atoms with Crippen molar-refractivity contribution in [2.24, 2.45) is 0 Å². The molecule has 0 aliphatic heterocycles. The average Bonchev–Trinajstić information content (AvgIpc) is 3.23. The lowest BCUT2D eigenvalue weighted by molar-refractivity contribution is 0.0940. The number of nitrogens with one attached hydrogen (secondary N) is 1. The molecular weight excluding hydrogens is 350 g/mol. The van der Waals surface area contributed by atoms with E-state index in [2.05, 4.69) is 14.9 Å². The summed E-state index contributed by atoms with van der Waals surface area (Å²) in [4.78, 5) is 13.0. The van der Waals surface area contributed by atoms with Crippen LogP contribution in [0.5, 0.6) is 11.5 Å². The Bertz CT molecular complexity index is 833. The quantitative estimate of drug-likeness (QED) is 0.692. The minimum absolute atomic E-state index is 0.186. The maximum atomic E-state index is 12.5. The smallest absolute Gasteiger partial charge is 0.265 e. The molecule has 1 N–H and O–H groups in total. The van der Waals surface area contributed by atoms with E-state index in [0.29, 0.717) is 11.3 Å². The summed E-state index contributed by atoms with van der Waals surface area (Å²) >= 11 is 1.08. The molecule has 0 aliphatic carbocycles. The number of amides is 1. The summed E-state index contributed by atoms with van der Waals surface area (Å²) < 4.78 is 14.2. The molecule has 0 fully saturated rings. The molecule has 0 aliphatic rings. The SMILES string of the molecule is COc1ccc(CC(NC(=O)c2cnns2)c2ccc(OC)cc2)cc1. The van der Waals surface area contributed by atoms with Crippen molar-refractivity contribution < 1.29 is 14.3 Å². The number of rotatable bonds is 7. The molecule has 3 rings (SSSR count). The Balaban J connectivity index is 1.82. The van der Waals surface area contributed by atoms with Crippen molar-refractivity contribution in [1.82, 2.24) is 14.9 Å². The van der Waals surface area contributed by atoms with Crippen LogP contribution in [0.4, 0.5) is 0 Å². The maximum absolute atomic E-state index is 12.5. The van der Waals surface area contributed by atoms with Crippen LogP contribution in [0.25, 0.3) is 0 Å². The summed E-state index contributed by atoms with van der Waals surface area (Å²) in [5.41, 5.74) is 2.08. The molecule has 0 bridgehead atoms. The zero-order valence-corrected chi connectivity index (χ0v) is 15.3. The van der Waals surface area contributed by atoms with Crippen LogP contribution >= 0.6 is 11.5 Å². The molecule has 1 amide bonds. The second-order valence-electron chi connectivity index (χ2n) is 5.63. The van der Waals surface area contributed by atoms with Gasteiger partial charge in [0.2, 0.25) is 0 Å². The lowest BCUT2D eigenvalue weighted by atomic mass is 9.98. The highest BCUT2D eigenvalue weighted by Crippen LogP contribution is 2.23. The van der Waals surface area contributed by atoms with Crippen molar-refractivity contribution in [2.45, 2.75) is 12.5 Å². The van der Waals surface area contributed by atoms with Gasteiger partial charge in [0.1, 0.15) is 16.4 Å². The van der Waals surface area contributed by atoms with E-state index in [4.69, 9.17) is 9.47 Å². The van der Waals surface area contributed by atoms with Crippen molar-refractivity contribution in [3.8, 4) is 11.5 Å². The zero-order valence-electron chi connectivity index (χ0n) is 14.5. The topological polar surface area (TPSA) is 73.3 Å². The summed E-state index contributed by atoms with van der Waals surface area (Å²) in [6, 6.07) is 15.3. The molecule has 134 valence electrons. The predicted molar refractivity (Wildman–Crippen MR) is 99.8 cm³/mol. The van der Waals surface area contributed by atoms with E-state index in [0.717, 1.165) is 34.2 Å². The fraction of sp³-hybridized carbons (Fsp3) is 0.211. The molecule has 1 unspecified atom stereocenters. The third-order valence-electron chi connectivity index (χ3n) is 4.01. The lowest BCUT2D eigenvalue weighted by Gasteiger charge is -2.19. The Morgan fingerprint density at radius 3 is 2.19 bits per heavy atom. The standard InChI is InChI=1S/C19H19N3O3S/c1-24-15-7-3-13(4-8-15)11-17(14-5-9-16(25-2)10-6-14)21-19(23)18-12-20-22-26-18/h3-10,12,17H,11H2,1-2H3,(H,21,23). The van der Waals surface area contributed by atoms with Gasteiger partial charge in [0.05, 0.1) is 26.5 Å². The summed E-state index contributed by atoms with van der Waals surface area (Å²) in [5.74, 6) is 1.39. The van der Waals surface area contributed by atoms with E-state index in [-0.39, 0.29) is 11.9 Å². The number of hydrogen-bond acceptors (Lipinski definition) is 6. The van der Waals surface area contributed by atoms with Crippen LogP contribution in [-0.4, -0.2) is 29.7 Å². The highest BCUT2D eigenvalue weighted by molar-refractivity contribution is 7.07. The number of carbonyl (C=O) groups is 1. The molecule has 1 aromatic heterocycles. The zero-order chi connectivity index (χ0) is 18.4. The molecule has 1 atom stereocenters. The molecule has 1 heterocycles. The van der Waals surface area contributed by atoms with Gasteiger partial charge in [-0.25, -0.2) is 0 Å². The Morgan fingerprint density at radius 1 is 1.04 bits per heavy atom. The number of aromatic nitrogens is 2. The molecule has 0 spiro atoms. The van der Waals surface area contributed by atoms with Crippen LogP contribution in [0.15, 0.2) is 54.7 Å². The van der Waals surface area contributed by atoms with Crippen LogP contribution in [0.3, 0.4) is 0 Å². The van der Waals surface area contributed by atoms with Gasteiger partial charge in [-0.05, 0) is 53.3 Å². The summed E-state index contributed by atoms with van der Waals surface area (Å²) in [6.07, 6.45) is 2.12. The Morgan fingerprint density at radius 2 is 1.65 bits per heavy atom. The first-order valence-corrected chi connectivity index (χ1v) is 8.82. The Hall–Kier alpha value is -2.93. The Kier molecular flexibility index (Phi) is 5.80. The van der Waals surface area contributed by atoms with Crippen LogP contribution in [0.1, 0.15) is 26.8 Å². The maximum Gasteiger partial charge on any atom is 0.265 e. The number of methoxy groups -OCH3 is 2. The molecule has 7 heteroatoms. The summed E-state index contributed by atoms with van der Waals surface area (Å²) in [7, 11) is 3.26. The minimum Gasteiger partial charge on any atom is -0.497 e. The van der Waals surface area contributed by atoms with Crippen molar-refractivity contribution in [3.05, 3.63) is 70.7 Å². The molecule has 0 saturated heterocycles. The van der Waals surface area contributed by atoms with Crippen LogP contribution in [-0.2, 0) is 6.42 Å². The first-order chi connectivity index (χ1) is 12.7. The fourth-order valence-corrected chi connectivity index (χ4v) is 3.00. The number of nitrogens with zero attached hydrogens (tertiary/aromatic N) is 2. The van der Waals surface area contributed by atoms with Gasteiger partial charge in [-0.2, -0.15) is 0 Å². The van der Waals surface area contributed by atoms with E-state index in [1.807, 2.05) is 48.5 Å². The van der Waals surface area contributed by atoms with E-state index in [1.54, 1.807) is 14.2 Å². The third-order valence-corrected chi connectivity index (χ3v) is 4.67. The van der Waals surface area contributed by atoms with Crippen LogP contribution < -0.4 is 14.8 Å². The predicted octanol–water partition coefficient (Wildman–Crippen LogP) is 3.27. The van der Waals surface area contributed by atoms with E-state index in [1.165, 1.54) is 6.20 Å². The average molecular weight is 369 g/mol. The number of benzene rings is 2. The largest absolute Gasteiger partial charge is 0.497 e. The lowest BCUT2D eigenvalue weighted by Crippen LogP contribution is -2.29. The molecule has 3 aromatic rings. The fourth-order valence-electron chi connectivity index (χ4n) is 2.58. The van der Waals surface area contributed by atoms with Crippen molar-refractivity contribution in [2.75, 3.05) is 14.2 Å². The van der Waals surface area contributed by atoms with E-state index in [9.17, 15) is 4.79 Å². The summed E-state index contributed by atoms with van der Waals surface area (Å²) in [5, 5.41) is 6.80. The van der Waals surface area contributed by atoms with E-state index >= 15 is 0 Å². The third kappa shape index (κ3) is 4.37. The van der Waals surface area contributed by atoms with Gasteiger partial charge >= 0.3 is 0 Å². The first kappa shape index (κ1) is 17.9. The number of hydrogen-bond donors (Lipinski definition) is 1. The van der Waals surface area contributed by atoms with Crippen LogP contribution in [0.2, 0.25) is 0 Å². The van der Waals surface area contributed by atoms with Gasteiger partial charge < -0.3 is 14.8 Å².